The highest BCUT2D eigenvalue weighted by Crippen LogP contribution is 2.43. The molecule has 2 atom stereocenters. The maximum Gasteiger partial charge on any atom is 0.472 e. The average Bonchev–Trinajstić information content (AvgIpc) is 2.44. The van der Waals surface area contributed by atoms with E-state index in [4.69, 9.17) is 18.5 Å². The van der Waals surface area contributed by atoms with Crippen LogP contribution in [0, 0.1) is 0 Å². The lowest BCUT2D eigenvalue weighted by Gasteiger charge is -2.24. The fourth-order valence-electron chi connectivity index (χ4n) is 11.9. The quantitative estimate of drug-likeness (QED) is 0.0211. The Morgan fingerprint density at radius 1 is 0.344 bits per heavy atom. The van der Waals surface area contributed by atoms with Gasteiger partial charge in [-0.25, -0.2) is 4.57 Å². The van der Waals surface area contributed by atoms with Gasteiger partial charge in [0.25, 0.3) is 0 Å². The summed E-state index contributed by atoms with van der Waals surface area (Å²) in [5.74, 6) is -0.777. The maximum atomic E-state index is 12.9. The van der Waals surface area contributed by atoms with Gasteiger partial charge in [-0.05, 0) is 64.2 Å². The van der Waals surface area contributed by atoms with Gasteiger partial charge < -0.3 is 18.9 Å². The molecule has 9 nitrogen and oxygen atoms in total. The first-order valence-electron chi connectivity index (χ1n) is 40.2. The zero-order valence-electron chi connectivity index (χ0n) is 62.3. The molecule has 93 heavy (non-hydrogen) atoms. The van der Waals surface area contributed by atoms with E-state index in [-0.39, 0.29) is 25.6 Å². The number of likely N-dealkylation sites (N-methyl/N-ethyl adjacent to an activating group) is 1. The fraction of sp³-hybridized carbons (Fsp3) is 0.831. The number of esters is 2. The molecule has 0 rings (SSSR count). The summed E-state index contributed by atoms with van der Waals surface area (Å²) in [6.07, 6.45) is 101. The van der Waals surface area contributed by atoms with Crippen LogP contribution in [0.15, 0.2) is 72.9 Å². The average molecular weight is 1330 g/mol. The highest BCUT2D eigenvalue weighted by atomic mass is 31.2. The number of allylic oxidation sites excluding steroid dienone is 12. The first kappa shape index (κ1) is 90.5. The molecule has 10 heteroatoms. The second-order valence-electron chi connectivity index (χ2n) is 28.4. The summed E-state index contributed by atoms with van der Waals surface area (Å²) in [6.45, 7) is 4.39. The number of carbonyl (C=O) groups excluding carboxylic acids is 2. The molecule has 2 unspecified atom stereocenters. The van der Waals surface area contributed by atoms with E-state index in [0.717, 1.165) is 70.6 Å². The van der Waals surface area contributed by atoms with E-state index in [1.165, 1.54) is 289 Å². The van der Waals surface area contributed by atoms with Crippen LogP contribution in [0.5, 0.6) is 0 Å². The highest BCUT2D eigenvalue weighted by molar-refractivity contribution is 7.47. The van der Waals surface area contributed by atoms with Gasteiger partial charge in [0.05, 0.1) is 27.7 Å². The predicted octanol–water partition coefficient (Wildman–Crippen LogP) is 26.7. The van der Waals surface area contributed by atoms with E-state index >= 15 is 0 Å². The normalized spacial score (nSPS) is 13.4. The number of phosphoric acid groups is 1. The first-order chi connectivity index (χ1) is 45.5. The van der Waals surface area contributed by atoms with E-state index in [2.05, 4.69) is 86.8 Å². The summed E-state index contributed by atoms with van der Waals surface area (Å²) in [7, 11) is 1.49. The van der Waals surface area contributed by atoms with Gasteiger partial charge in [-0.2, -0.15) is 0 Å². The van der Waals surface area contributed by atoms with Crippen LogP contribution in [0.4, 0.5) is 0 Å². The number of nitrogens with zero attached hydrogens (tertiary/aromatic N) is 1. The Balaban J connectivity index is 3.93. The smallest absolute Gasteiger partial charge is 0.462 e. The maximum absolute atomic E-state index is 12.9. The number of unbranched alkanes of at least 4 members (excludes halogenated alkanes) is 49. The van der Waals surface area contributed by atoms with Crippen molar-refractivity contribution < 1.29 is 42.1 Å². The van der Waals surface area contributed by atoms with Gasteiger partial charge in [-0.3, -0.25) is 18.6 Å². The predicted molar refractivity (Wildman–Crippen MR) is 404 cm³/mol. The van der Waals surface area contributed by atoms with Crippen molar-refractivity contribution in [3.63, 3.8) is 0 Å². The minimum absolute atomic E-state index is 0.0327. The van der Waals surface area contributed by atoms with Gasteiger partial charge in [0.15, 0.2) is 6.10 Å². The molecule has 0 bridgehead atoms. The summed E-state index contributed by atoms with van der Waals surface area (Å²) < 4.78 is 34.8. The van der Waals surface area contributed by atoms with Gasteiger partial charge >= 0.3 is 19.8 Å². The number of quaternary nitrogens is 1. The first-order valence-corrected chi connectivity index (χ1v) is 41.7. The van der Waals surface area contributed by atoms with Crippen molar-refractivity contribution in [2.75, 3.05) is 47.5 Å². The second-order valence-corrected chi connectivity index (χ2v) is 29.9. The molecule has 0 aliphatic carbocycles. The van der Waals surface area contributed by atoms with Crippen LogP contribution < -0.4 is 0 Å². The van der Waals surface area contributed by atoms with Crippen LogP contribution in [0.2, 0.25) is 0 Å². The monoisotopic (exact) mass is 1330 g/mol. The fourth-order valence-corrected chi connectivity index (χ4v) is 12.7. The third-order valence-corrected chi connectivity index (χ3v) is 19.0. The Bertz CT molecular complexity index is 1800. The lowest BCUT2D eigenvalue weighted by atomic mass is 10.0. The summed E-state index contributed by atoms with van der Waals surface area (Å²) in [4.78, 5) is 36.0. The van der Waals surface area contributed by atoms with E-state index < -0.39 is 26.5 Å². The number of ether oxygens (including phenoxy) is 2. The van der Waals surface area contributed by atoms with Crippen LogP contribution >= 0.6 is 7.82 Å². The van der Waals surface area contributed by atoms with Crippen LogP contribution in [-0.4, -0.2) is 74.9 Å². The van der Waals surface area contributed by atoms with Crippen LogP contribution in [0.3, 0.4) is 0 Å². The molecule has 544 valence electrons. The topological polar surface area (TPSA) is 108 Å². The molecule has 0 spiro atoms. The summed E-state index contributed by atoms with van der Waals surface area (Å²) in [5.41, 5.74) is 0. The van der Waals surface area contributed by atoms with Gasteiger partial charge in [0, 0.05) is 12.8 Å². The summed E-state index contributed by atoms with van der Waals surface area (Å²) in [5, 5.41) is 0. The van der Waals surface area contributed by atoms with Crippen LogP contribution in [0.1, 0.15) is 393 Å². The van der Waals surface area contributed by atoms with Crippen molar-refractivity contribution in [3.05, 3.63) is 72.9 Å². The molecule has 0 amide bonds. The molecular formula is C83H155NO8P+. The molecule has 1 N–H and O–H groups in total. The number of hydrogen-bond acceptors (Lipinski definition) is 7. The molecule has 0 radical (unpaired) electrons. The molecule has 0 aromatic rings. The zero-order chi connectivity index (χ0) is 67.6. The van der Waals surface area contributed by atoms with E-state index in [1.54, 1.807) is 0 Å². The Morgan fingerprint density at radius 2 is 0.613 bits per heavy atom. The Kier molecular flexibility index (Phi) is 71.7. The molecule has 0 aliphatic rings. The molecule has 0 heterocycles. The molecular weight excluding hydrogens is 1170 g/mol. The van der Waals surface area contributed by atoms with Crippen LogP contribution in [0.25, 0.3) is 0 Å². The van der Waals surface area contributed by atoms with Crippen molar-refractivity contribution in [2.45, 2.75) is 399 Å². The highest BCUT2D eigenvalue weighted by Gasteiger charge is 2.27. The van der Waals surface area contributed by atoms with Crippen LogP contribution in [-0.2, 0) is 32.7 Å². The number of rotatable bonds is 75. The lowest BCUT2D eigenvalue weighted by Crippen LogP contribution is -2.37. The van der Waals surface area contributed by atoms with E-state index in [1.807, 2.05) is 21.1 Å². The van der Waals surface area contributed by atoms with Crippen molar-refractivity contribution in [1.29, 1.82) is 0 Å². The van der Waals surface area contributed by atoms with Crippen molar-refractivity contribution in [1.82, 2.24) is 0 Å². The second kappa shape index (κ2) is 73.7. The standard InChI is InChI=1S/C83H154NO8P/c1-6-8-10-12-14-16-18-20-22-24-26-28-30-32-34-36-38-40-42-44-46-48-50-52-54-56-58-60-62-64-66-68-70-72-74-76-83(86)92-81(80-91-93(87,88)90-78-77-84(3,4)5)79-89-82(85)75-73-71-69-67-65-63-61-59-57-55-53-51-49-47-45-43-41-39-37-35-33-31-29-27-25-23-21-19-17-15-13-11-9-7-2/h8,10,14,16,20,22,26,28,32,34,38,40,81H,6-7,9,11-13,15,17-19,21,23-25,27,29-31,33,35-37,39,41-80H2,1-5H3/p+1/b10-8-,16-14-,22-20-,28-26-,34-32-,40-38-. The molecule has 0 saturated carbocycles. The molecule has 0 aromatic heterocycles. The van der Waals surface area contributed by atoms with Gasteiger partial charge in [-0.15, -0.1) is 0 Å². The number of phosphoric ester groups is 1. The van der Waals surface area contributed by atoms with E-state index in [9.17, 15) is 19.0 Å². The van der Waals surface area contributed by atoms with Gasteiger partial charge in [0.2, 0.25) is 0 Å². The van der Waals surface area contributed by atoms with Crippen molar-refractivity contribution >= 4 is 19.8 Å². The lowest BCUT2D eigenvalue weighted by molar-refractivity contribution is -0.870. The molecule has 0 aromatic carbocycles. The van der Waals surface area contributed by atoms with Crippen molar-refractivity contribution in [3.8, 4) is 0 Å². The molecule has 0 fully saturated rings. The Labute approximate surface area is 578 Å². The van der Waals surface area contributed by atoms with Gasteiger partial charge in [-0.1, -0.05) is 389 Å². The summed E-state index contributed by atoms with van der Waals surface area (Å²) >= 11 is 0. The van der Waals surface area contributed by atoms with Gasteiger partial charge in [0.1, 0.15) is 19.8 Å². The summed E-state index contributed by atoms with van der Waals surface area (Å²) in [6, 6.07) is 0. The Morgan fingerprint density at radius 3 is 0.914 bits per heavy atom. The third kappa shape index (κ3) is 78.3. The number of hydrogen-bond donors (Lipinski definition) is 1. The SMILES string of the molecule is CC/C=C\C/C=C\C/C=C\C/C=C\C/C=C\C/C=C\CCCCCCCCCCCCCCCCCCC(=O)OC(COC(=O)CCCCCCCCCCCCCCCCCCCCCCCCCCCCCCCCCCCC)COP(=O)(O)OCC[N+](C)(C)C. The minimum Gasteiger partial charge on any atom is -0.462 e. The Hall–Kier alpha value is -2.55. The molecule has 0 aliphatic heterocycles. The third-order valence-electron chi connectivity index (χ3n) is 18.0. The zero-order valence-corrected chi connectivity index (χ0v) is 63.1. The largest absolute Gasteiger partial charge is 0.472 e. The molecule has 0 saturated heterocycles. The minimum atomic E-state index is -4.40. The number of carbonyl (C=O) groups is 2. The van der Waals surface area contributed by atoms with E-state index in [0.29, 0.717) is 23.9 Å². The van der Waals surface area contributed by atoms with Crippen molar-refractivity contribution in [2.24, 2.45) is 0 Å².